The molecule has 0 bridgehead atoms. The molecule has 1 amide bonds. The molecule has 1 fully saturated rings. The van der Waals surface area contributed by atoms with Crippen LogP contribution in [0.5, 0.6) is 5.75 Å². The number of amides is 1. The first-order valence-corrected chi connectivity index (χ1v) is 12.2. The van der Waals surface area contributed by atoms with Crippen LogP contribution in [0.15, 0.2) is 35.2 Å². The van der Waals surface area contributed by atoms with Gasteiger partial charge < -0.3 is 9.64 Å². The number of carbonyl (C=O) groups is 2. The molecular weight excluding hydrogens is 428 g/mol. The zero-order chi connectivity index (χ0) is 23.3. The lowest BCUT2D eigenvalue weighted by molar-refractivity contribution is -0.129. The Hall–Kier alpha value is -2.71. The summed E-state index contributed by atoms with van der Waals surface area (Å²) in [6.07, 6.45) is 0.737. The Bertz CT molecular complexity index is 1190. The third kappa shape index (κ3) is 3.93. The summed E-state index contributed by atoms with van der Waals surface area (Å²) in [6, 6.07) is 9.08. The fourth-order valence-electron chi connectivity index (χ4n) is 4.65. The van der Waals surface area contributed by atoms with E-state index >= 15 is 0 Å². The van der Waals surface area contributed by atoms with Crippen LogP contribution in [-0.2, 0) is 14.8 Å². The van der Waals surface area contributed by atoms with Crippen molar-refractivity contribution in [3.8, 4) is 5.75 Å². The van der Waals surface area contributed by atoms with Gasteiger partial charge in [-0.3, -0.25) is 9.59 Å². The lowest BCUT2D eigenvalue weighted by Gasteiger charge is -2.34. The summed E-state index contributed by atoms with van der Waals surface area (Å²) in [7, 11) is -3.86. The predicted molar refractivity (Wildman–Crippen MR) is 121 cm³/mol. The molecule has 0 aliphatic carbocycles. The van der Waals surface area contributed by atoms with Crippen molar-refractivity contribution in [2.24, 2.45) is 0 Å². The highest BCUT2D eigenvalue weighted by Gasteiger charge is 2.46. The summed E-state index contributed by atoms with van der Waals surface area (Å²) in [5.74, 6) is 0.210. The Balaban J connectivity index is 1.46. The number of hydrogen-bond donors (Lipinski definition) is 1. The van der Waals surface area contributed by atoms with Crippen molar-refractivity contribution in [3.63, 3.8) is 0 Å². The zero-order valence-electron chi connectivity index (χ0n) is 18.8. The SMILES string of the molecule is Cc1cc(C)c(C)c(S(=O)(=O)NCC(=O)N2CCC3(CC(=O)c4ccccc4O3)C2)c1C. The van der Waals surface area contributed by atoms with Crippen LogP contribution in [0.3, 0.4) is 0 Å². The van der Waals surface area contributed by atoms with Gasteiger partial charge in [-0.05, 0) is 62.1 Å². The minimum absolute atomic E-state index is 0.00243. The summed E-state index contributed by atoms with van der Waals surface area (Å²) in [5, 5.41) is 0. The van der Waals surface area contributed by atoms with Gasteiger partial charge in [-0.15, -0.1) is 0 Å². The van der Waals surface area contributed by atoms with Crippen molar-refractivity contribution in [1.29, 1.82) is 0 Å². The fraction of sp³-hybridized carbons (Fsp3) is 0.417. The number of fused-ring (bicyclic) bond motifs is 1. The van der Waals surface area contributed by atoms with Crippen LogP contribution in [-0.4, -0.2) is 50.2 Å². The number of ether oxygens (including phenoxy) is 1. The second-order valence-electron chi connectivity index (χ2n) is 8.86. The van der Waals surface area contributed by atoms with Crippen molar-refractivity contribution in [2.75, 3.05) is 19.6 Å². The number of rotatable bonds is 4. The standard InChI is InChI=1S/C24H28N2O5S/c1-15-11-16(2)18(4)23(17(15)3)32(29,30)25-13-22(28)26-10-9-24(14-26)12-20(27)19-7-5-6-8-21(19)31-24/h5-8,11,25H,9-10,12-14H2,1-4H3. The highest BCUT2D eigenvalue weighted by molar-refractivity contribution is 7.89. The molecule has 2 aromatic carbocycles. The van der Waals surface area contributed by atoms with Gasteiger partial charge in [-0.1, -0.05) is 18.2 Å². The molecule has 1 unspecified atom stereocenters. The van der Waals surface area contributed by atoms with Gasteiger partial charge >= 0.3 is 0 Å². The van der Waals surface area contributed by atoms with Crippen LogP contribution in [0.25, 0.3) is 0 Å². The summed E-state index contributed by atoms with van der Waals surface area (Å²) in [6.45, 7) is 7.63. The Labute approximate surface area is 188 Å². The first-order valence-electron chi connectivity index (χ1n) is 10.7. The summed E-state index contributed by atoms with van der Waals surface area (Å²) in [4.78, 5) is 27.2. The van der Waals surface area contributed by atoms with Crippen molar-refractivity contribution in [3.05, 3.63) is 58.1 Å². The fourth-order valence-corrected chi connectivity index (χ4v) is 6.24. The van der Waals surface area contributed by atoms with Crippen LogP contribution in [0.2, 0.25) is 0 Å². The number of para-hydroxylation sites is 1. The first kappa shape index (κ1) is 22.5. The van der Waals surface area contributed by atoms with E-state index in [9.17, 15) is 18.0 Å². The maximum Gasteiger partial charge on any atom is 0.241 e. The zero-order valence-corrected chi connectivity index (χ0v) is 19.6. The van der Waals surface area contributed by atoms with Gasteiger partial charge in [-0.25, -0.2) is 13.1 Å². The smallest absolute Gasteiger partial charge is 0.241 e. The molecule has 2 aromatic rings. The monoisotopic (exact) mass is 456 g/mol. The molecule has 2 aliphatic rings. The van der Waals surface area contributed by atoms with E-state index in [2.05, 4.69) is 4.72 Å². The highest BCUT2D eigenvalue weighted by Crippen LogP contribution is 2.38. The number of hydrogen-bond acceptors (Lipinski definition) is 5. The van der Waals surface area contributed by atoms with E-state index in [0.717, 1.165) is 11.1 Å². The molecule has 4 rings (SSSR count). The molecule has 0 saturated carbocycles. The molecule has 8 heteroatoms. The molecule has 1 N–H and O–H groups in total. The minimum Gasteiger partial charge on any atom is -0.484 e. The maximum absolute atomic E-state index is 13.0. The van der Waals surface area contributed by atoms with Crippen molar-refractivity contribution >= 4 is 21.7 Å². The molecule has 1 saturated heterocycles. The lowest BCUT2D eigenvalue weighted by Crippen LogP contribution is -2.46. The molecular formula is C24H28N2O5S. The Morgan fingerprint density at radius 2 is 1.78 bits per heavy atom. The van der Waals surface area contributed by atoms with Gasteiger partial charge in [0, 0.05) is 13.0 Å². The summed E-state index contributed by atoms with van der Waals surface area (Å²) in [5.41, 5.74) is 2.96. The molecule has 0 aromatic heterocycles. The Morgan fingerprint density at radius 3 is 2.47 bits per heavy atom. The van der Waals surface area contributed by atoms with Gasteiger partial charge in [0.05, 0.1) is 30.0 Å². The average Bonchev–Trinajstić information content (AvgIpc) is 3.13. The molecule has 1 spiro atoms. The number of nitrogens with zero attached hydrogens (tertiary/aromatic N) is 1. The maximum atomic E-state index is 13.0. The first-order chi connectivity index (χ1) is 15.0. The van der Waals surface area contributed by atoms with Crippen LogP contribution in [0.1, 0.15) is 45.5 Å². The number of Topliss-reactive ketones (excluding diaryl/α,β-unsaturated/α-hetero) is 1. The summed E-state index contributed by atoms with van der Waals surface area (Å²) >= 11 is 0. The van der Waals surface area contributed by atoms with Crippen molar-refractivity contribution < 1.29 is 22.7 Å². The van der Waals surface area contributed by atoms with E-state index in [1.165, 1.54) is 0 Å². The molecule has 0 radical (unpaired) electrons. The largest absolute Gasteiger partial charge is 0.484 e. The summed E-state index contributed by atoms with van der Waals surface area (Å²) < 4.78 is 34.7. The Morgan fingerprint density at radius 1 is 1.12 bits per heavy atom. The van der Waals surface area contributed by atoms with Crippen LogP contribution < -0.4 is 9.46 Å². The third-order valence-corrected chi connectivity index (χ3v) is 8.32. The van der Waals surface area contributed by atoms with Gasteiger partial charge in [0.15, 0.2) is 5.78 Å². The van der Waals surface area contributed by atoms with Crippen LogP contribution >= 0.6 is 0 Å². The molecule has 1 atom stereocenters. The van der Waals surface area contributed by atoms with Gasteiger partial charge in [0.1, 0.15) is 11.4 Å². The topological polar surface area (TPSA) is 92.8 Å². The number of sulfonamides is 1. The number of benzene rings is 2. The number of carbonyl (C=O) groups excluding carboxylic acids is 2. The molecule has 32 heavy (non-hydrogen) atoms. The molecule has 7 nitrogen and oxygen atoms in total. The molecule has 2 aliphatic heterocycles. The van der Waals surface area contributed by atoms with E-state index < -0.39 is 15.6 Å². The number of likely N-dealkylation sites (tertiary alicyclic amines) is 1. The van der Waals surface area contributed by atoms with Crippen molar-refractivity contribution in [1.82, 2.24) is 9.62 Å². The van der Waals surface area contributed by atoms with Crippen molar-refractivity contribution in [2.45, 2.75) is 51.0 Å². The predicted octanol–water partition coefficient (Wildman–Crippen LogP) is 2.84. The van der Waals surface area contributed by atoms with Crippen LogP contribution in [0, 0.1) is 27.7 Å². The van der Waals surface area contributed by atoms with Gasteiger partial charge in [0.25, 0.3) is 0 Å². The number of ketones is 1. The quantitative estimate of drug-likeness (QED) is 0.764. The second kappa shape index (κ2) is 8.01. The molecule has 2 heterocycles. The van der Waals surface area contributed by atoms with E-state index in [1.807, 2.05) is 26.0 Å². The van der Waals surface area contributed by atoms with Gasteiger partial charge in [-0.2, -0.15) is 0 Å². The average molecular weight is 457 g/mol. The minimum atomic E-state index is -3.86. The van der Waals surface area contributed by atoms with E-state index in [1.54, 1.807) is 36.9 Å². The van der Waals surface area contributed by atoms with Gasteiger partial charge in [0.2, 0.25) is 15.9 Å². The normalized spacial score (nSPS) is 20.4. The van der Waals surface area contributed by atoms with E-state index in [4.69, 9.17) is 4.74 Å². The number of aryl methyl sites for hydroxylation is 2. The van der Waals surface area contributed by atoms with Crippen LogP contribution in [0.4, 0.5) is 0 Å². The third-order valence-electron chi connectivity index (χ3n) is 6.65. The Kier molecular flexibility index (Phi) is 5.63. The lowest BCUT2D eigenvalue weighted by atomic mass is 9.89. The second-order valence-corrected chi connectivity index (χ2v) is 10.6. The highest BCUT2D eigenvalue weighted by atomic mass is 32.2. The number of nitrogens with one attached hydrogen (secondary N) is 1. The molecule has 170 valence electrons. The van der Waals surface area contributed by atoms with E-state index in [0.29, 0.717) is 35.4 Å². The van der Waals surface area contributed by atoms with E-state index in [-0.39, 0.29) is 36.1 Å².